The molecule has 2 aliphatic heterocycles. The van der Waals surface area contributed by atoms with Crippen LogP contribution in [-0.4, -0.2) is 89.3 Å². The zero-order valence-electron chi connectivity index (χ0n) is 27.1. The highest BCUT2D eigenvalue weighted by molar-refractivity contribution is 6.74. The van der Waals surface area contributed by atoms with Gasteiger partial charge in [-0.3, -0.25) is 4.90 Å². The average molecular weight is 608 g/mol. The molecular formula is C30H49N3O8Si. The number of carbonyl (C=O) groups is 3. The van der Waals surface area contributed by atoms with E-state index in [1.165, 1.54) is 9.80 Å². The minimum absolute atomic E-state index is 0.0416. The van der Waals surface area contributed by atoms with Gasteiger partial charge < -0.3 is 28.3 Å². The molecule has 42 heavy (non-hydrogen) atoms. The van der Waals surface area contributed by atoms with Gasteiger partial charge >= 0.3 is 18.2 Å². The second kappa shape index (κ2) is 12.0. The fourth-order valence-corrected chi connectivity index (χ4v) is 5.89. The zero-order valence-corrected chi connectivity index (χ0v) is 28.1. The molecule has 12 heteroatoms. The lowest BCUT2D eigenvalue weighted by atomic mass is 9.85. The molecule has 2 aliphatic rings. The maximum atomic E-state index is 13.3. The molecule has 11 nitrogen and oxygen atoms in total. The Morgan fingerprint density at radius 3 is 2.14 bits per heavy atom. The van der Waals surface area contributed by atoms with E-state index in [9.17, 15) is 19.5 Å². The summed E-state index contributed by atoms with van der Waals surface area (Å²) in [6.45, 7) is 22.3. The van der Waals surface area contributed by atoms with E-state index in [0.717, 1.165) is 6.42 Å². The van der Waals surface area contributed by atoms with E-state index in [0.29, 0.717) is 24.3 Å². The van der Waals surface area contributed by atoms with Crippen molar-refractivity contribution in [1.82, 2.24) is 14.8 Å². The molecule has 0 aromatic carbocycles. The second-order valence-electron chi connectivity index (χ2n) is 14.7. The number of fused-ring (bicyclic) bond motifs is 2. The van der Waals surface area contributed by atoms with Crippen LogP contribution in [0.3, 0.4) is 0 Å². The van der Waals surface area contributed by atoms with Crippen LogP contribution >= 0.6 is 0 Å². The summed E-state index contributed by atoms with van der Waals surface area (Å²) >= 11 is 0. The first-order valence-corrected chi connectivity index (χ1v) is 17.5. The molecule has 3 rings (SSSR count). The van der Waals surface area contributed by atoms with Crippen LogP contribution in [0, 0.1) is 0 Å². The van der Waals surface area contributed by atoms with Crippen LogP contribution in [0.2, 0.25) is 18.1 Å². The molecule has 2 bridgehead atoms. The van der Waals surface area contributed by atoms with Gasteiger partial charge in [0.25, 0.3) is 0 Å². The minimum Gasteiger partial charge on any atom is -0.478 e. The summed E-state index contributed by atoms with van der Waals surface area (Å²) in [6.07, 6.45) is 1.87. The van der Waals surface area contributed by atoms with Crippen LogP contribution < -0.4 is 0 Å². The Hall–Kier alpha value is -2.86. The van der Waals surface area contributed by atoms with Gasteiger partial charge in [-0.2, -0.15) is 0 Å². The smallest absolute Gasteiger partial charge is 0.411 e. The van der Waals surface area contributed by atoms with Crippen LogP contribution in [0.15, 0.2) is 16.3 Å². The van der Waals surface area contributed by atoms with Gasteiger partial charge in [0.15, 0.2) is 8.32 Å². The third-order valence-electron chi connectivity index (χ3n) is 7.79. The van der Waals surface area contributed by atoms with Gasteiger partial charge in [-0.25, -0.2) is 19.4 Å². The predicted octanol–water partition coefficient (Wildman–Crippen LogP) is 6.10. The number of carboxylic acid groups (broad SMARTS) is 1. The number of aryl methyl sites for hydroxylation is 1. The van der Waals surface area contributed by atoms with Crippen LogP contribution in [0.4, 0.5) is 9.59 Å². The summed E-state index contributed by atoms with van der Waals surface area (Å²) in [5, 5.41) is 10.5. The molecule has 236 valence electrons. The van der Waals surface area contributed by atoms with Crippen LogP contribution in [-0.2, 0) is 25.1 Å². The maximum absolute atomic E-state index is 13.3. The molecular weight excluding hydrogens is 558 g/mol. The SMILES string of the molecule is CC(C)(C)OC(=O)N1CC2CC(c3nc(CCCO[Si](C)(C)C(C)(C)C)co3)=C(C(=O)O)[C@@H](C1)N2C(=O)OC(C)(C)C. The quantitative estimate of drug-likeness (QED) is 0.289. The first kappa shape index (κ1) is 33.6. The number of oxazole rings is 1. The van der Waals surface area contributed by atoms with E-state index in [1.54, 1.807) is 47.8 Å². The van der Waals surface area contributed by atoms with Gasteiger partial charge in [0, 0.05) is 31.7 Å². The molecule has 1 saturated heterocycles. The third-order valence-corrected chi connectivity index (χ3v) is 12.3. The van der Waals surface area contributed by atoms with Crippen molar-refractivity contribution in [2.75, 3.05) is 19.7 Å². The minimum atomic E-state index is -1.85. The fraction of sp³-hybridized carbons (Fsp3) is 0.733. The highest BCUT2D eigenvalue weighted by Crippen LogP contribution is 2.40. The van der Waals surface area contributed by atoms with Crippen molar-refractivity contribution in [2.45, 2.75) is 123 Å². The number of rotatable bonds is 7. The van der Waals surface area contributed by atoms with Gasteiger partial charge in [-0.15, -0.1) is 0 Å². The lowest BCUT2D eigenvalue weighted by molar-refractivity contribution is -0.134. The van der Waals surface area contributed by atoms with Crippen molar-refractivity contribution in [1.29, 1.82) is 0 Å². The van der Waals surface area contributed by atoms with Gasteiger partial charge in [0.1, 0.15) is 17.5 Å². The Balaban J connectivity index is 1.88. The van der Waals surface area contributed by atoms with Crippen molar-refractivity contribution in [3.63, 3.8) is 0 Å². The van der Waals surface area contributed by atoms with Crippen molar-refractivity contribution >= 4 is 32.0 Å². The summed E-state index contributed by atoms with van der Waals surface area (Å²) in [4.78, 5) is 46.6. The Labute approximate surface area is 250 Å². The summed E-state index contributed by atoms with van der Waals surface area (Å²) < 4.78 is 23.3. The molecule has 2 atom stereocenters. The van der Waals surface area contributed by atoms with E-state index < -0.39 is 49.8 Å². The molecule has 1 fully saturated rings. The van der Waals surface area contributed by atoms with Crippen LogP contribution in [0.1, 0.15) is 86.7 Å². The average Bonchev–Trinajstić information content (AvgIpc) is 3.26. The number of hydrogen-bond donors (Lipinski definition) is 1. The third kappa shape index (κ3) is 8.15. The zero-order chi connectivity index (χ0) is 31.8. The number of aliphatic carboxylic acids is 1. The number of nitrogens with zero attached hydrogens (tertiary/aromatic N) is 3. The fourth-order valence-electron chi connectivity index (χ4n) is 4.81. The van der Waals surface area contributed by atoms with Crippen molar-refractivity contribution in [3.8, 4) is 0 Å². The van der Waals surface area contributed by atoms with Crippen molar-refractivity contribution in [2.24, 2.45) is 0 Å². The van der Waals surface area contributed by atoms with Crippen molar-refractivity contribution < 1.29 is 37.8 Å². The standard InChI is InChI=1S/C30H49N3O8Si/c1-28(2,3)40-26(36)32-16-20-15-21(23(25(34)35)22(17-32)33(20)27(37)41-29(4,5)6)24-31-19(18-38-24)13-12-14-39-42(10,11)30(7,8)9/h18,20,22H,12-17H2,1-11H3,(H,34,35)/t20?,22-/m1/s1. The van der Waals surface area contributed by atoms with E-state index in [-0.39, 0.29) is 36.0 Å². The Kier molecular flexibility index (Phi) is 9.63. The first-order valence-electron chi connectivity index (χ1n) is 14.6. The Morgan fingerprint density at radius 2 is 1.60 bits per heavy atom. The van der Waals surface area contributed by atoms with Crippen LogP contribution in [0.5, 0.6) is 0 Å². The lowest BCUT2D eigenvalue weighted by Crippen LogP contribution is -2.65. The lowest BCUT2D eigenvalue weighted by Gasteiger charge is -2.49. The predicted molar refractivity (Wildman–Crippen MR) is 161 cm³/mol. The van der Waals surface area contributed by atoms with Crippen LogP contribution in [0.25, 0.3) is 5.57 Å². The normalized spacial score (nSPS) is 20.1. The van der Waals surface area contributed by atoms with Gasteiger partial charge in [-0.05, 0) is 72.5 Å². The number of carboxylic acids is 1. The molecule has 1 aromatic rings. The van der Waals surface area contributed by atoms with E-state index in [4.69, 9.17) is 18.3 Å². The summed E-state index contributed by atoms with van der Waals surface area (Å²) in [7, 11) is -1.85. The first-order chi connectivity index (χ1) is 19.1. The van der Waals surface area contributed by atoms with E-state index in [2.05, 4.69) is 38.8 Å². The number of piperazine rings is 1. The molecule has 1 aromatic heterocycles. The van der Waals surface area contributed by atoms with E-state index in [1.807, 2.05) is 0 Å². The number of hydrogen-bond acceptors (Lipinski definition) is 8. The number of ether oxygens (including phenoxy) is 2. The highest BCUT2D eigenvalue weighted by Gasteiger charge is 2.50. The molecule has 2 amide bonds. The summed E-state index contributed by atoms with van der Waals surface area (Å²) in [5.74, 6) is -0.993. The molecule has 0 saturated carbocycles. The second-order valence-corrected chi connectivity index (χ2v) is 19.5. The monoisotopic (exact) mass is 607 g/mol. The molecule has 3 heterocycles. The number of aromatic nitrogens is 1. The van der Waals surface area contributed by atoms with Gasteiger partial charge in [-0.1, -0.05) is 20.8 Å². The summed E-state index contributed by atoms with van der Waals surface area (Å²) in [6, 6.07) is -1.53. The molecule has 1 N–H and O–H groups in total. The molecule has 0 radical (unpaired) electrons. The number of carbonyl (C=O) groups excluding carboxylic acids is 2. The maximum Gasteiger partial charge on any atom is 0.411 e. The largest absolute Gasteiger partial charge is 0.478 e. The molecule has 0 spiro atoms. The molecule has 0 aliphatic carbocycles. The Morgan fingerprint density at radius 1 is 1.00 bits per heavy atom. The van der Waals surface area contributed by atoms with Crippen molar-refractivity contribution in [3.05, 3.63) is 23.4 Å². The number of amides is 2. The Bertz CT molecular complexity index is 1200. The topological polar surface area (TPSA) is 132 Å². The summed E-state index contributed by atoms with van der Waals surface area (Å²) in [5.41, 5.74) is -0.425. The van der Waals surface area contributed by atoms with E-state index >= 15 is 0 Å². The van der Waals surface area contributed by atoms with Gasteiger partial charge in [0.05, 0.1) is 23.4 Å². The molecule has 1 unspecified atom stereocenters. The van der Waals surface area contributed by atoms with Gasteiger partial charge in [0.2, 0.25) is 5.89 Å². The highest BCUT2D eigenvalue weighted by atomic mass is 28.4.